The lowest BCUT2D eigenvalue weighted by Gasteiger charge is -2.06. The molecule has 3 N–H and O–H groups in total. The number of nitrogens with zero attached hydrogens (tertiary/aromatic N) is 1. The number of thioether (sulfide) groups is 1. The number of carbonyl (C=O) groups is 1. The van der Waals surface area contributed by atoms with Crippen LogP contribution < -0.4 is 5.73 Å². The van der Waals surface area contributed by atoms with Gasteiger partial charge in [-0.2, -0.15) is 0 Å². The van der Waals surface area contributed by atoms with Gasteiger partial charge < -0.3 is 10.8 Å². The fourth-order valence-electron chi connectivity index (χ4n) is 1.01. The predicted molar refractivity (Wildman–Crippen MR) is 67.1 cm³/mol. The summed E-state index contributed by atoms with van der Waals surface area (Å²) in [5.41, 5.74) is 5.25. The van der Waals surface area contributed by atoms with Crippen LogP contribution >= 0.6 is 27.7 Å². The molecule has 1 atom stereocenters. The summed E-state index contributed by atoms with van der Waals surface area (Å²) in [6.45, 7) is 0. The van der Waals surface area contributed by atoms with Gasteiger partial charge in [0.1, 0.15) is 6.04 Å². The Hall–Kier alpha value is -1.12. The fourth-order valence-corrected chi connectivity index (χ4v) is 2.30. The summed E-state index contributed by atoms with van der Waals surface area (Å²) in [5.74, 6) is -1.05. The monoisotopic (exact) mass is 320 g/mol. The number of aliphatic carboxylic acids is 1. The molecule has 0 saturated heterocycles. The van der Waals surface area contributed by atoms with Crippen molar-refractivity contribution in [2.24, 2.45) is 5.73 Å². The maximum absolute atomic E-state index is 10.8. The highest BCUT2D eigenvalue weighted by Gasteiger charge is 2.18. The molecule has 92 valence electrons. The van der Waals surface area contributed by atoms with Gasteiger partial charge >= 0.3 is 5.97 Å². The van der Waals surface area contributed by atoms with Crippen LogP contribution in [0.3, 0.4) is 0 Å². The molecule has 0 aromatic heterocycles. The van der Waals surface area contributed by atoms with Crippen molar-refractivity contribution in [3.05, 3.63) is 32.8 Å². The Morgan fingerprint density at radius 2 is 2.29 bits per heavy atom. The molecule has 0 aliphatic carbocycles. The number of nitro benzene ring substituents is 1. The summed E-state index contributed by atoms with van der Waals surface area (Å²) in [4.78, 5) is 21.2. The summed E-state index contributed by atoms with van der Waals surface area (Å²) >= 11 is 4.19. The standard InChI is InChI=1S/C9H9BrN2O4S/c10-5-1-2-8(7(3-5)12(15)16)17-4-6(11)9(13)14/h1-3,6H,4,11H2,(H,13,14)/t6-/m0/s1. The summed E-state index contributed by atoms with van der Waals surface area (Å²) in [6.07, 6.45) is 0. The first kappa shape index (κ1) is 13.9. The number of hydrogen-bond acceptors (Lipinski definition) is 5. The van der Waals surface area contributed by atoms with Crippen LogP contribution in [0.15, 0.2) is 27.6 Å². The molecular weight excluding hydrogens is 312 g/mol. The van der Waals surface area contributed by atoms with Gasteiger partial charge in [0.25, 0.3) is 5.69 Å². The zero-order valence-electron chi connectivity index (χ0n) is 8.50. The molecule has 0 spiro atoms. The number of carboxylic acids is 1. The topological polar surface area (TPSA) is 106 Å². The van der Waals surface area contributed by atoms with E-state index in [9.17, 15) is 14.9 Å². The first-order valence-corrected chi connectivity index (χ1v) is 6.25. The van der Waals surface area contributed by atoms with Crippen LogP contribution in [0.1, 0.15) is 0 Å². The molecule has 0 aliphatic heterocycles. The van der Waals surface area contributed by atoms with E-state index in [0.717, 1.165) is 11.8 Å². The van der Waals surface area contributed by atoms with Gasteiger partial charge in [-0.15, -0.1) is 11.8 Å². The molecule has 1 aromatic rings. The lowest BCUT2D eigenvalue weighted by Crippen LogP contribution is -2.32. The molecule has 8 heteroatoms. The zero-order valence-corrected chi connectivity index (χ0v) is 10.9. The number of halogens is 1. The van der Waals surface area contributed by atoms with Crippen molar-refractivity contribution in [3.63, 3.8) is 0 Å². The fraction of sp³-hybridized carbons (Fsp3) is 0.222. The normalized spacial score (nSPS) is 12.1. The Morgan fingerprint density at radius 1 is 1.65 bits per heavy atom. The Balaban J connectivity index is 2.84. The Labute approximate surface area is 109 Å². The summed E-state index contributed by atoms with van der Waals surface area (Å²) in [5, 5.41) is 19.4. The Morgan fingerprint density at radius 3 is 2.82 bits per heavy atom. The quantitative estimate of drug-likeness (QED) is 0.487. The van der Waals surface area contributed by atoms with Gasteiger partial charge in [-0.3, -0.25) is 14.9 Å². The van der Waals surface area contributed by atoms with Gasteiger partial charge in [-0.05, 0) is 12.1 Å². The number of carboxylic acid groups (broad SMARTS) is 1. The van der Waals surface area contributed by atoms with Crippen LogP contribution in [0.25, 0.3) is 0 Å². The van der Waals surface area contributed by atoms with Gasteiger partial charge in [0, 0.05) is 16.3 Å². The molecule has 0 unspecified atom stereocenters. The van der Waals surface area contributed by atoms with Crippen LogP contribution in [0.5, 0.6) is 0 Å². The van der Waals surface area contributed by atoms with E-state index in [4.69, 9.17) is 10.8 Å². The zero-order chi connectivity index (χ0) is 13.0. The van der Waals surface area contributed by atoms with Crippen molar-refractivity contribution < 1.29 is 14.8 Å². The smallest absolute Gasteiger partial charge is 0.321 e. The molecular formula is C9H9BrN2O4S. The average molecular weight is 321 g/mol. The summed E-state index contributed by atoms with van der Waals surface area (Å²) < 4.78 is 0.594. The second-order valence-corrected chi connectivity index (χ2v) is 5.10. The second kappa shape index (κ2) is 5.99. The van der Waals surface area contributed by atoms with Crippen LogP contribution in [0.2, 0.25) is 0 Å². The first-order chi connectivity index (χ1) is 7.91. The molecule has 0 fully saturated rings. The van der Waals surface area contributed by atoms with E-state index < -0.39 is 16.9 Å². The van der Waals surface area contributed by atoms with Crippen molar-refractivity contribution in [2.75, 3.05) is 5.75 Å². The number of hydrogen-bond donors (Lipinski definition) is 2. The van der Waals surface area contributed by atoms with Crippen LogP contribution in [0.4, 0.5) is 5.69 Å². The molecule has 1 aromatic carbocycles. The Kier molecular flexibility index (Phi) is 4.91. The molecule has 6 nitrogen and oxygen atoms in total. The van der Waals surface area contributed by atoms with Gasteiger partial charge in [-0.25, -0.2) is 0 Å². The Bertz CT molecular complexity index is 455. The van der Waals surface area contributed by atoms with E-state index in [-0.39, 0.29) is 11.4 Å². The van der Waals surface area contributed by atoms with Crippen molar-refractivity contribution in [1.29, 1.82) is 0 Å². The molecule has 17 heavy (non-hydrogen) atoms. The van der Waals surface area contributed by atoms with Crippen molar-refractivity contribution in [2.45, 2.75) is 10.9 Å². The maximum Gasteiger partial charge on any atom is 0.321 e. The second-order valence-electron chi connectivity index (χ2n) is 3.12. The number of rotatable bonds is 5. The van der Waals surface area contributed by atoms with Crippen molar-refractivity contribution in [1.82, 2.24) is 0 Å². The van der Waals surface area contributed by atoms with E-state index in [0.29, 0.717) is 9.37 Å². The van der Waals surface area contributed by atoms with Crippen LogP contribution in [0, 0.1) is 10.1 Å². The average Bonchev–Trinajstić information content (AvgIpc) is 2.26. The maximum atomic E-state index is 10.8. The molecule has 0 saturated carbocycles. The molecule has 0 bridgehead atoms. The largest absolute Gasteiger partial charge is 0.480 e. The lowest BCUT2D eigenvalue weighted by molar-refractivity contribution is -0.387. The van der Waals surface area contributed by atoms with Gasteiger partial charge in [0.15, 0.2) is 0 Å². The molecule has 1 rings (SSSR count). The van der Waals surface area contributed by atoms with Crippen molar-refractivity contribution in [3.8, 4) is 0 Å². The molecule has 0 radical (unpaired) electrons. The predicted octanol–water partition coefficient (Wildman–Crippen LogP) is 1.86. The third-order valence-electron chi connectivity index (χ3n) is 1.85. The highest BCUT2D eigenvalue weighted by molar-refractivity contribution is 9.10. The minimum absolute atomic E-state index is 0.0676. The van der Waals surface area contributed by atoms with E-state index in [1.54, 1.807) is 12.1 Å². The number of benzene rings is 1. The van der Waals surface area contributed by atoms with Gasteiger partial charge in [-0.1, -0.05) is 15.9 Å². The van der Waals surface area contributed by atoms with E-state index in [1.807, 2.05) is 0 Å². The van der Waals surface area contributed by atoms with Crippen LogP contribution in [-0.2, 0) is 4.79 Å². The van der Waals surface area contributed by atoms with Gasteiger partial charge in [0.05, 0.1) is 9.82 Å². The minimum atomic E-state index is -1.13. The highest BCUT2D eigenvalue weighted by atomic mass is 79.9. The van der Waals surface area contributed by atoms with Crippen molar-refractivity contribution >= 4 is 39.3 Å². The molecule has 0 amide bonds. The first-order valence-electron chi connectivity index (χ1n) is 4.47. The minimum Gasteiger partial charge on any atom is -0.480 e. The third-order valence-corrected chi connectivity index (χ3v) is 3.53. The van der Waals surface area contributed by atoms with Crippen LogP contribution in [-0.4, -0.2) is 27.8 Å². The SMILES string of the molecule is N[C@@H](CSc1ccc(Br)cc1[N+](=O)[O-])C(=O)O. The van der Waals surface area contributed by atoms with Gasteiger partial charge in [0.2, 0.25) is 0 Å². The van der Waals surface area contributed by atoms with E-state index in [2.05, 4.69) is 15.9 Å². The van der Waals surface area contributed by atoms with E-state index in [1.165, 1.54) is 6.07 Å². The molecule has 0 aliphatic rings. The number of nitrogens with two attached hydrogens (primary N) is 1. The van der Waals surface area contributed by atoms with E-state index >= 15 is 0 Å². The summed E-state index contributed by atoms with van der Waals surface area (Å²) in [6, 6.07) is 3.54. The summed E-state index contributed by atoms with van der Waals surface area (Å²) in [7, 11) is 0. The third kappa shape index (κ3) is 3.99. The lowest BCUT2D eigenvalue weighted by atomic mass is 10.3. The number of nitro groups is 1. The highest BCUT2D eigenvalue weighted by Crippen LogP contribution is 2.31. The molecule has 0 heterocycles.